The first kappa shape index (κ1) is 21.3. The highest BCUT2D eigenvalue weighted by molar-refractivity contribution is 7.12. The molecule has 0 fully saturated rings. The Morgan fingerprint density at radius 2 is 1.63 bits per heavy atom. The van der Waals surface area contributed by atoms with E-state index in [1.54, 1.807) is 43.3 Å². The van der Waals surface area contributed by atoms with Gasteiger partial charge in [0, 0.05) is 26.2 Å². The van der Waals surface area contributed by atoms with Crippen LogP contribution in [0.2, 0.25) is 0 Å². The summed E-state index contributed by atoms with van der Waals surface area (Å²) < 4.78 is 0. The largest absolute Gasteiger partial charge is 0.355 e. The Labute approximate surface area is 179 Å². The number of thiophene rings is 1. The van der Waals surface area contributed by atoms with Gasteiger partial charge in [0.25, 0.3) is 11.8 Å². The minimum absolute atomic E-state index is 0.161. The van der Waals surface area contributed by atoms with Crippen molar-refractivity contribution in [3.8, 4) is 0 Å². The number of nitrogens with zero attached hydrogens (tertiary/aromatic N) is 1. The van der Waals surface area contributed by atoms with Crippen molar-refractivity contribution in [1.29, 1.82) is 0 Å². The first-order valence-corrected chi connectivity index (χ1v) is 10.3. The van der Waals surface area contributed by atoms with Crippen molar-refractivity contribution < 1.29 is 14.4 Å². The number of hydrogen-bond donors (Lipinski definition) is 2. The lowest BCUT2D eigenvalue weighted by Crippen LogP contribution is -2.40. The summed E-state index contributed by atoms with van der Waals surface area (Å²) in [6.07, 6.45) is 0. The van der Waals surface area contributed by atoms with Gasteiger partial charge in [0.15, 0.2) is 0 Å². The number of carbonyl (C=O) groups is 3. The molecule has 154 valence electrons. The molecule has 1 atom stereocenters. The number of likely N-dealkylation sites (N-methyl/N-ethyl adjacent to an activating group) is 1. The molecule has 7 heteroatoms. The summed E-state index contributed by atoms with van der Waals surface area (Å²) in [4.78, 5) is 39.6. The molecule has 3 rings (SSSR count). The second kappa shape index (κ2) is 9.84. The molecule has 0 aliphatic rings. The summed E-state index contributed by atoms with van der Waals surface area (Å²) in [5, 5.41) is 7.26. The van der Waals surface area contributed by atoms with E-state index in [2.05, 4.69) is 10.6 Å². The fourth-order valence-electron chi connectivity index (χ4n) is 3.02. The van der Waals surface area contributed by atoms with Gasteiger partial charge in [-0.05, 0) is 34.7 Å². The minimum Gasteiger partial charge on any atom is -0.355 e. The Morgan fingerprint density at radius 3 is 2.23 bits per heavy atom. The molecule has 0 bridgehead atoms. The molecule has 1 aromatic heterocycles. The van der Waals surface area contributed by atoms with Crippen molar-refractivity contribution in [2.75, 3.05) is 14.1 Å². The van der Waals surface area contributed by atoms with Crippen LogP contribution in [0.1, 0.15) is 37.2 Å². The van der Waals surface area contributed by atoms with Gasteiger partial charge < -0.3 is 15.5 Å². The summed E-state index contributed by atoms with van der Waals surface area (Å²) >= 11 is 1.33. The van der Waals surface area contributed by atoms with Crippen molar-refractivity contribution in [2.45, 2.75) is 12.6 Å². The van der Waals surface area contributed by atoms with E-state index in [4.69, 9.17) is 0 Å². The molecule has 30 heavy (non-hydrogen) atoms. The summed E-state index contributed by atoms with van der Waals surface area (Å²) in [5.74, 6) is -0.663. The maximum Gasteiger partial charge on any atom is 0.262 e. The van der Waals surface area contributed by atoms with E-state index < -0.39 is 6.04 Å². The van der Waals surface area contributed by atoms with Crippen molar-refractivity contribution in [3.63, 3.8) is 0 Å². The lowest BCUT2D eigenvalue weighted by molar-refractivity contribution is -0.132. The van der Waals surface area contributed by atoms with Crippen LogP contribution in [0.25, 0.3) is 0 Å². The van der Waals surface area contributed by atoms with Crippen LogP contribution in [0.5, 0.6) is 0 Å². The summed E-state index contributed by atoms with van der Waals surface area (Å²) in [5.41, 5.74) is 2.16. The molecular formula is C23H23N3O3S. The van der Waals surface area contributed by atoms with Gasteiger partial charge in [0.1, 0.15) is 6.04 Å². The summed E-state index contributed by atoms with van der Waals surface area (Å²) in [6.45, 7) is 0.352. The van der Waals surface area contributed by atoms with Gasteiger partial charge in [0.2, 0.25) is 5.91 Å². The molecule has 1 unspecified atom stereocenters. The average molecular weight is 422 g/mol. The number of amides is 3. The standard InChI is InChI=1S/C23H23N3O3S/c1-24-21(27)18-12-10-16(11-13-18)15-26(2)23(29)20(17-7-4-3-5-8-17)25-22(28)19-9-6-14-30-19/h3-14,20H,15H2,1-2H3,(H,24,27)(H,25,28). The lowest BCUT2D eigenvalue weighted by Gasteiger charge is -2.25. The second-order valence-corrected chi connectivity index (χ2v) is 7.71. The molecule has 0 aliphatic heterocycles. The predicted octanol–water partition coefficient (Wildman–Crippen LogP) is 3.24. The molecular weight excluding hydrogens is 398 g/mol. The van der Waals surface area contributed by atoms with E-state index in [1.807, 2.05) is 47.8 Å². The molecule has 6 nitrogen and oxygen atoms in total. The first-order chi connectivity index (χ1) is 14.5. The zero-order valence-electron chi connectivity index (χ0n) is 16.8. The van der Waals surface area contributed by atoms with Gasteiger partial charge in [-0.25, -0.2) is 0 Å². The van der Waals surface area contributed by atoms with Crippen LogP contribution in [0.15, 0.2) is 72.1 Å². The van der Waals surface area contributed by atoms with Crippen LogP contribution in [-0.4, -0.2) is 36.7 Å². The fraction of sp³-hybridized carbons (Fsp3) is 0.174. The van der Waals surface area contributed by atoms with Gasteiger partial charge in [0.05, 0.1) is 4.88 Å². The van der Waals surface area contributed by atoms with Gasteiger partial charge >= 0.3 is 0 Å². The maximum absolute atomic E-state index is 13.2. The molecule has 2 aromatic carbocycles. The molecule has 1 heterocycles. The number of rotatable bonds is 7. The maximum atomic E-state index is 13.2. The number of hydrogen-bond acceptors (Lipinski definition) is 4. The quantitative estimate of drug-likeness (QED) is 0.615. The highest BCUT2D eigenvalue weighted by Crippen LogP contribution is 2.19. The molecule has 0 saturated heterocycles. The number of carbonyl (C=O) groups excluding carboxylic acids is 3. The topological polar surface area (TPSA) is 78.5 Å². The lowest BCUT2D eigenvalue weighted by atomic mass is 10.0. The molecule has 3 aromatic rings. The van der Waals surface area contributed by atoms with Crippen LogP contribution in [0, 0.1) is 0 Å². The first-order valence-electron chi connectivity index (χ1n) is 9.45. The van der Waals surface area contributed by atoms with E-state index in [1.165, 1.54) is 11.3 Å². The Balaban J connectivity index is 1.76. The van der Waals surface area contributed by atoms with Crippen molar-refractivity contribution >= 4 is 29.1 Å². The van der Waals surface area contributed by atoms with Crippen molar-refractivity contribution in [2.24, 2.45) is 0 Å². The van der Waals surface area contributed by atoms with E-state index in [0.717, 1.165) is 5.56 Å². The van der Waals surface area contributed by atoms with Gasteiger partial charge in [-0.3, -0.25) is 14.4 Å². The van der Waals surface area contributed by atoms with Crippen LogP contribution < -0.4 is 10.6 Å². The molecule has 2 N–H and O–H groups in total. The van der Waals surface area contributed by atoms with E-state index in [-0.39, 0.29) is 17.7 Å². The van der Waals surface area contributed by atoms with E-state index >= 15 is 0 Å². The molecule has 0 saturated carbocycles. The SMILES string of the molecule is CNC(=O)c1ccc(CN(C)C(=O)C(NC(=O)c2cccs2)c2ccccc2)cc1. The fourth-order valence-corrected chi connectivity index (χ4v) is 3.65. The van der Waals surface area contributed by atoms with Gasteiger partial charge in [-0.15, -0.1) is 11.3 Å². The Kier molecular flexibility index (Phi) is 6.98. The van der Waals surface area contributed by atoms with Crippen LogP contribution in [-0.2, 0) is 11.3 Å². The molecule has 3 amide bonds. The zero-order chi connectivity index (χ0) is 21.5. The molecule has 0 radical (unpaired) electrons. The van der Waals surface area contributed by atoms with E-state index in [0.29, 0.717) is 22.5 Å². The Morgan fingerprint density at radius 1 is 0.933 bits per heavy atom. The van der Waals surface area contributed by atoms with Gasteiger partial charge in [-0.1, -0.05) is 48.5 Å². The Bertz CT molecular complexity index is 1000. The van der Waals surface area contributed by atoms with Crippen molar-refractivity contribution in [3.05, 3.63) is 93.7 Å². The van der Waals surface area contributed by atoms with Crippen LogP contribution in [0.3, 0.4) is 0 Å². The van der Waals surface area contributed by atoms with Crippen LogP contribution in [0.4, 0.5) is 0 Å². The third-order valence-corrected chi connectivity index (χ3v) is 5.51. The van der Waals surface area contributed by atoms with E-state index in [9.17, 15) is 14.4 Å². The minimum atomic E-state index is -0.795. The highest BCUT2D eigenvalue weighted by Gasteiger charge is 2.26. The second-order valence-electron chi connectivity index (χ2n) is 6.76. The summed E-state index contributed by atoms with van der Waals surface area (Å²) in [6, 6.07) is 19.0. The number of nitrogens with one attached hydrogen (secondary N) is 2. The highest BCUT2D eigenvalue weighted by atomic mass is 32.1. The average Bonchev–Trinajstić information content (AvgIpc) is 3.32. The Hall–Kier alpha value is -3.45. The zero-order valence-corrected chi connectivity index (χ0v) is 17.6. The molecule has 0 aliphatic carbocycles. The van der Waals surface area contributed by atoms with Crippen LogP contribution >= 0.6 is 11.3 Å². The molecule has 0 spiro atoms. The summed E-state index contributed by atoms with van der Waals surface area (Å²) in [7, 11) is 3.28. The normalized spacial score (nSPS) is 11.4. The monoisotopic (exact) mass is 421 g/mol. The predicted molar refractivity (Wildman–Crippen MR) is 117 cm³/mol. The number of benzene rings is 2. The van der Waals surface area contributed by atoms with Gasteiger partial charge in [-0.2, -0.15) is 0 Å². The third-order valence-electron chi connectivity index (χ3n) is 4.64. The third kappa shape index (κ3) is 5.12. The van der Waals surface area contributed by atoms with Crippen molar-refractivity contribution in [1.82, 2.24) is 15.5 Å². The smallest absolute Gasteiger partial charge is 0.262 e.